The number of nitrogens with one attached hydrogen (secondary N) is 1. The molecule has 2 rings (SSSR count). The van der Waals surface area contributed by atoms with Crippen molar-refractivity contribution < 1.29 is 9.72 Å². The van der Waals surface area contributed by atoms with Gasteiger partial charge in [-0.1, -0.05) is 29.8 Å². The normalized spacial score (nSPS) is 10.6. The molecular weight excluding hydrogens is 320 g/mol. The zero-order chi connectivity index (χ0) is 17.0. The van der Waals surface area contributed by atoms with Crippen LogP contribution < -0.4 is 5.32 Å². The van der Waals surface area contributed by atoms with Crippen LogP contribution in [0.5, 0.6) is 0 Å². The first-order chi connectivity index (χ1) is 10.9. The highest BCUT2D eigenvalue weighted by Gasteiger charge is 2.21. The lowest BCUT2D eigenvalue weighted by Gasteiger charge is -2.07. The monoisotopic (exact) mass is 336 g/mol. The minimum absolute atomic E-state index is 0.00137. The summed E-state index contributed by atoms with van der Waals surface area (Å²) in [7, 11) is 0. The maximum atomic E-state index is 11.9. The summed E-state index contributed by atoms with van der Waals surface area (Å²) in [6.07, 6.45) is 0.184. The average Bonchev–Trinajstić information content (AvgIpc) is 2.78. The van der Waals surface area contributed by atoms with Crippen molar-refractivity contribution in [1.82, 2.24) is 15.1 Å². The predicted molar refractivity (Wildman–Crippen MR) is 86.3 cm³/mol. The first-order valence-electron chi connectivity index (χ1n) is 7.08. The Labute approximate surface area is 138 Å². The van der Waals surface area contributed by atoms with E-state index in [0.717, 1.165) is 5.56 Å². The molecule has 1 aromatic heterocycles. The second kappa shape index (κ2) is 7.23. The van der Waals surface area contributed by atoms with Crippen molar-refractivity contribution in [3.63, 3.8) is 0 Å². The van der Waals surface area contributed by atoms with Crippen LogP contribution in [-0.2, 0) is 17.9 Å². The molecule has 0 bridgehead atoms. The number of aryl methyl sites for hydroxylation is 2. The van der Waals surface area contributed by atoms with E-state index in [4.69, 9.17) is 11.6 Å². The van der Waals surface area contributed by atoms with E-state index in [0.29, 0.717) is 23.0 Å². The van der Waals surface area contributed by atoms with Gasteiger partial charge in [0, 0.05) is 18.0 Å². The number of rotatable bonds is 6. The number of carbonyl (C=O) groups excluding carboxylic acids is 1. The zero-order valence-corrected chi connectivity index (χ0v) is 13.6. The summed E-state index contributed by atoms with van der Waals surface area (Å²) in [6.45, 7) is 3.84. The SMILES string of the molecule is Cc1nn(CCC(=O)NCc2ccccc2Cl)c(C)c1[N+](=O)[O-]. The standard InChI is InChI=1S/C15H17ClN4O3/c1-10-15(20(22)23)11(2)19(18-10)8-7-14(21)17-9-12-5-3-4-6-13(12)16/h3-6H,7-9H2,1-2H3,(H,17,21). The van der Waals surface area contributed by atoms with Crippen LogP contribution in [0.4, 0.5) is 5.69 Å². The number of benzene rings is 1. The number of hydrogen-bond donors (Lipinski definition) is 1. The molecule has 0 fully saturated rings. The van der Waals surface area contributed by atoms with E-state index in [1.54, 1.807) is 19.9 Å². The molecule has 122 valence electrons. The smallest absolute Gasteiger partial charge is 0.312 e. The van der Waals surface area contributed by atoms with Crippen molar-refractivity contribution in [2.45, 2.75) is 33.4 Å². The van der Waals surface area contributed by atoms with Gasteiger partial charge in [0.25, 0.3) is 0 Å². The molecule has 23 heavy (non-hydrogen) atoms. The molecule has 1 heterocycles. The van der Waals surface area contributed by atoms with E-state index >= 15 is 0 Å². The van der Waals surface area contributed by atoms with Gasteiger partial charge in [-0.25, -0.2) is 0 Å². The molecule has 0 aliphatic carbocycles. The Kier molecular flexibility index (Phi) is 5.33. The molecule has 0 atom stereocenters. The fourth-order valence-corrected chi connectivity index (χ4v) is 2.50. The quantitative estimate of drug-likeness (QED) is 0.648. The molecule has 0 spiro atoms. The fraction of sp³-hybridized carbons (Fsp3) is 0.333. The summed E-state index contributed by atoms with van der Waals surface area (Å²) in [4.78, 5) is 22.4. The first kappa shape index (κ1) is 17.0. The molecule has 8 heteroatoms. The van der Waals surface area contributed by atoms with Crippen molar-refractivity contribution in [1.29, 1.82) is 0 Å². The molecule has 0 radical (unpaired) electrons. The third-order valence-electron chi connectivity index (χ3n) is 3.51. The van der Waals surface area contributed by atoms with Gasteiger partial charge in [0.1, 0.15) is 11.4 Å². The van der Waals surface area contributed by atoms with Gasteiger partial charge < -0.3 is 5.32 Å². The Balaban J connectivity index is 1.91. The van der Waals surface area contributed by atoms with E-state index in [2.05, 4.69) is 10.4 Å². The first-order valence-corrected chi connectivity index (χ1v) is 7.46. The Morgan fingerprint density at radius 3 is 2.70 bits per heavy atom. The van der Waals surface area contributed by atoms with Crippen LogP contribution in [0.2, 0.25) is 5.02 Å². The average molecular weight is 337 g/mol. The lowest BCUT2D eigenvalue weighted by Crippen LogP contribution is -2.24. The van der Waals surface area contributed by atoms with Crippen LogP contribution in [0.25, 0.3) is 0 Å². The number of nitro groups is 1. The molecule has 1 aromatic carbocycles. The Hall–Kier alpha value is -2.41. The van der Waals surface area contributed by atoms with Crippen molar-refractivity contribution in [2.75, 3.05) is 0 Å². The molecule has 0 saturated heterocycles. The summed E-state index contributed by atoms with van der Waals surface area (Å²) >= 11 is 6.02. The molecule has 1 N–H and O–H groups in total. The van der Waals surface area contributed by atoms with E-state index < -0.39 is 4.92 Å². The van der Waals surface area contributed by atoms with Crippen LogP contribution in [-0.4, -0.2) is 20.6 Å². The summed E-state index contributed by atoms with van der Waals surface area (Å²) < 4.78 is 1.49. The molecule has 0 aliphatic rings. The Morgan fingerprint density at radius 2 is 2.09 bits per heavy atom. The second-order valence-electron chi connectivity index (χ2n) is 5.12. The summed E-state index contributed by atoms with van der Waals surface area (Å²) in [6, 6.07) is 7.27. The van der Waals surface area contributed by atoms with Gasteiger partial charge in [-0.15, -0.1) is 0 Å². The molecule has 0 unspecified atom stereocenters. The Bertz CT molecular complexity index is 742. The molecule has 2 aromatic rings. The van der Waals surface area contributed by atoms with Crippen LogP contribution in [0.15, 0.2) is 24.3 Å². The number of aromatic nitrogens is 2. The maximum Gasteiger partial charge on any atom is 0.312 e. The molecule has 1 amide bonds. The largest absolute Gasteiger partial charge is 0.352 e. The predicted octanol–water partition coefficient (Wildman–Crippen LogP) is 2.77. The van der Waals surface area contributed by atoms with Gasteiger partial charge in [-0.2, -0.15) is 5.10 Å². The van der Waals surface area contributed by atoms with Gasteiger partial charge in [-0.3, -0.25) is 19.6 Å². The zero-order valence-electron chi connectivity index (χ0n) is 12.9. The van der Waals surface area contributed by atoms with Gasteiger partial charge >= 0.3 is 5.69 Å². The highest BCUT2D eigenvalue weighted by Crippen LogP contribution is 2.21. The van der Waals surface area contributed by atoms with Crippen molar-refractivity contribution in [3.05, 3.63) is 56.4 Å². The fourth-order valence-electron chi connectivity index (χ4n) is 2.30. The highest BCUT2D eigenvalue weighted by atomic mass is 35.5. The van der Waals surface area contributed by atoms with Gasteiger partial charge in [-0.05, 0) is 25.5 Å². The van der Waals surface area contributed by atoms with Crippen LogP contribution in [0.1, 0.15) is 23.4 Å². The third kappa shape index (κ3) is 4.07. The van der Waals surface area contributed by atoms with Crippen LogP contribution >= 0.6 is 11.6 Å². The van der Waals surface area contributed by atoms with Crippen molar-refractivity contribution >= 4 is 23.2 Å². The highest BCUT2D eigenvalue weighted by molar-refractivity contribution is 6.31. The molecule has 0 aliphatic heterocycles. The van der Waals surface area contributed by atoms with Crippen LogP contribution in [0, 0.1) is 24.0 Å². The number of amides is 1. The summed E-state index contributed by atoms with van der Waals surface area (Å²) in [5.41, 5.74) is 1.64. The van der Waals surface area contributed by atoms with Crippen molar-refractivity contribution in [3.8, 4) is 0 Å². The number of nitrogens with zero attached hydrogens (tertiary/aromatic N) is 3. The van der Waals surface area contributed by atoms with Gasteiger partial charge in [0.05, 0.1) is 11.5 Å². The molecule has 0 saturated carbocycles. The number of carbonyl (C=O) groups is 1. The van der Waals surface area contributed by atoms with E-state index in [1.807, 2.05) is 18.2 Å². The van der Waals surface area contributed by atoms with E-state index in [1.165, 1.54) is 4.68 Å². The second-order valence-corrected chi connectivity index (χ2v) is 5.53. The Morgan fingerprint density at radius 1 is 1.39 bits per heavy atom. The number of hydrogen-bond acceptors (Lipinski definition) is 4. The summed E-state index contributed by atoms with van der Waals surface area (Å²) in [5.74, 6) is -0.167. The third-order valence-corrected chi connectivity index (χ3v) is 3.88. The number of halogens is 1. The molecular formula is C15H17ClN4O3. The van der Waals surface area contributed by atoms with E-state index in [9.17, 15) is 14.9 Å². The van der Waals surface area contributed by atoms with Crippen molar-refractivity contribution in [2.24, 2.45) is 0 Å². The van der Waals surface area contributed by atoms with Gasteiger partial charge in [0.2, 0.25) is 5.91 Å². The minimum atomic E-state index is -0.453. The lowest BCUT2D eigenvalue weighted by atomic mass is 10.2. The topological polar surface area (TPSA) is 90.1 Å². The van der Waals surface area contributed by atoms with Crippen LogP contribution in [0.3, 0.4) is 0 Å². The molecule has 7 nitrogen and oxygen atoms in total. The van der Waals surface area contributed by atoms with Gasteiger partial charge in [0.15, 0.2) is 0 Å². The maximum absolute atomic E-state index is 11.9. The summed E-state index contributed by atoms with van der Waals surface area (Å²) in [5, 5.41) is 18.4. The minimum Gasteiger partial charge on any atom is -0.352 e. The van der Waals surface area contributed by atoms with E-state index in [-0.39, 0.29) is 24.6 Å². The lowest BCUT2D eigenvalue weighted by molar-refractivity contribution is -0.386.